The third kappa shape index (κ3) is 3.77. The number of aryl methyl sites for hydroxylation is 1. The van der Waals surface area contributed by atoms with Crippen molar-refractivity contribution >= 4 is 17.4 Å². The second-order valence-electron chi connectivity index (χ2n) is 6.12. The fourth-order valence-electron chi connectivity index (χ4n) is 3.20. The Hall–Kier alpha value is -3.09. The lowest BCUT2D eigenvalue weighted by Crippen LogP contribution is -2.43. The van der Waals surface area contributed by atoms with Crippen molar-refractivity contribution in [3.05, 3.63) is 63.7 Å². The Kier molecular flexibility index (Phi) is 5.36. The summed E-state index contributed by atoms with van der Waals surface area (Å²) in [6.45, 7) is 1.01. The molecule has 0 unspecified atom stereocenters. The molecule has 2 amide bonds. The molecule has 2 aromatic rings. The summed E-state index contributed by atoms with van der Waals surface area (Å²) in [5.41, 5.74) is 2.60. The Morgan fingerprint density at radius 3 is 2.88 bits per heavy atom. The van der Waals surface area contributed by atoms with E-state index in [2.05, 4.69) is 5.32 Å². The van der Waals surface area contributed by atoms with Gasteiger partial charge in [-0.3, -0.25) is 15.0 Å². The molecule has 1 aliphatic heterocycles. The highest BCUT2D eigenvalue weighted by Crippen LogP contribution is 2.30. The van der Waals surface area contributed by atoms with Crippen molar-refractivity contribution < 1.29 is 14.5 Å². The third-order valence-electron chi connectivity index (χ3n) is 4.51. The number of carbonyl (C=O) groups excluding carboxylic acids is 1. The van der Waals surface area contributed by atoms with Crippen LogP contribution in [-0.4, -0.2) is 31.2 Å². The summed E-state index contributed by atoms with van der Waals surface area (Å²) in [5, 5.41) is 13.9. The van der Waals surface area contributed by atoms with Crippen LogP contribution in [0.15, 0.2) is 42.5 Å². The van der Waals surface area contributed by atoms with E-state index < -0.39 is 4.92 Å². The number of anilines is 1. The third-order valence-corrected chi connectivity index (χ3v) is 4.51. The number of benzene rings is 2. The normalized spacial score (nSPS) is 13.0. The smallest absolute Gasteiger partial charge is 0.321 e. The number of hydrogen-bond donors (Lipinski definition) is 1. The Morgan fingerprint density at radius 2 is 2.12 bits per heavy atom. The van der Waals surface area contributed by atoms with E-state index in [1.54, 1.807) is 18.1 Å². The fraction of sp³-hybridized carbons (Fsp3) is 0.316. The van der Waals surface area contributed by atoms with Gasteiger partial charge in [-0.05, 0) is 36.5 Å². The van der Waals surface area contributed by atoms with E-state index in [-0.39, 0.29) is 11.7 Å². The summed E-state index contributed by atoms with van der Waals surface area (Å²) < 4.78 is 5.31. The first-order chi connectivity index (χ1) is 12.6. The van der Waals surface area contributed by atoms with Crippen LogP contribution in [0.1, 0.15) is 17.5 Å². The number of carbonyl (C=O) groups is 1. The maximum Gasteiger partial charge on any atom is 0.321 e. The summed E-state index contributed by atoms with van der Waals surface area (Å²) in [5.74, 6) is 0.792. The SMILES string of the molecule is COc1ccccc1CCNC(=O)N1CCCc2ccc([N+](=O)[O-])cc21. The van der Waals surface area contributed by atoms with Crippen LogP contribution in [0.3, 0.4) is 0 Å². The average molecular weight is 355 g/mol. The highest BCUT2D eigenvalue weighted by atomic mass is 16.6. The number of urea groups is 1. The lowest BCUT2D eigenvalue weighted by atomic mass is 10.0. The van der Waals surface area contributed by atoms with Crippen molar-refractivity contribution in [3.63, 3.8) is 0 Å². The number of methoxy groups -OCH3 is 1. The summed E-state index contributed by atoms with van der Waals surface area (Å²) in [6, 6.07) is 12.2. The van der Waals surface area contributed by atoms with E-state index in [4.69, 9.17) is 4.74 Å². The molecule has 0 radical (unpaired) electrons. The molecule has 7 heteroatoms. The van der Waals surface area contributed by atoms with Gasteiger partial charge in [-0.25, -0.2) is 4.79 Å². The number of para-hydroxylation sites is 1. The molecule has 0 spiro atoms. The van der Waals surface area contributed by atoms with Crippen LogP contribution in [0.5, 0.6) is 5.75 Å². The zero-order valence-electron chi connectivity index (χ0n) is 14.6. The van der Waals surface area contributed by atoms with Crippen molar-refractivity contribution in [2.24, 2.45) is 0 Å². The minimum absolute atomic E-state index is 0.00234. The van der Waals surface area contributed by atoms with Gasteiger partial charge in [0.25, 0.3) is 5.69 Å². The number of fused-ring (bicyclic) bond motifs is 1. The second kappa shape index (κ2) is 7.86. The van der Waals surface area contributed by atoms with Crippen LogP contribution in [0, 0.1) is 10.1 Å². The Labute approximate surface area is 151 Å². The lowest BCUT2D eigenvalue weighted by molar-refractivity contribution is -0.384. The molecule has 0 saturated heterocycles. The largest absolute Gasteiger partial charge is 0.496 e. The molecule has 1 N–H and O–H groups in total. The number of ether oxygens (including phenoxy) is 1. The Bertz CT molecular complexity index is 822. The summed E-state index contributed by atoms with van der Waals surface area (Å²) in [4.78, 5) is 24.8. The van der Waals surface area contributed by atoms with Gasteiger partial charge in [-0.2, -0.15) is 0 Å². The van der Waals surface area contributed by atoms with E-state index in [0.29, 0.717) is 25.2 Å². The monoisotopic (exact) mass is 355 g/mol. The topological polar surface area (TPSA) is 84.7 Å². The van der Waals surface area contributed by atoms with Crippen molar-refractivity contribution in [1.82, 2.24) is 5.32 Å². The molecule has 0 fully saturated rings. The number of rotatable bonds is 5. The van der Waals surface area contributed by atoms with Gasteiger partial charge in [0, 0.05) is 25.2 Å². The number of nitrogens with zero attached hydrogens (tertiary/aromatic N) is 2. The average Bonchev–Trinajstić information content (AvgIpc) is 2.67. The maximum absolute atomic E-state index is 12.6. The van der Waals surface area contributed by atoms with Gasteiger partial charge in [-0.1, -0.05) is 24.3 Å². The zero-order valence-corrected chi connectivity index (χ0v) is 14.6. The van der Waals surface area contributed by atoms with E-state index in [0.717, 1.165) is 29.7 Å². The molecule has 0 atom stereocenters. The summed E-state index contributed by atoms with van der Waals surface area (Å²) >= 11 is 0. The Morgan fingerprint density at radius 1 is 1.31 bits per heavy atom. The van der Waals surface area contributed by atoms with E-state index in [9.17, 15) is 14.9 Å². The van der Waals surface area contributed by atoms with Crippen LogP contribution in [0.25, 0.3) is 0 Å². The molecule has 26 heavy (non-hydrogen) atoms. The van der Waals surface area contributed by atoms with Gasteiger partial charge in [0.1, 0.15) is 5.75 Å². The maximum atomic E-state index is 12.6. The molecule has 0 bridgehead atoms. The molecule has 3 rings (SSSR count). The van der Waals surface area contributed by atoms with Crippen LogP contribution in [-0.2, 0) is 12.8 Å². The van der Waals surface area contributed by atoms with Crippen molar-refractivity contribution in [1.29, 1.82) is 0 Å². The number of nitrogens with one attached hydrogen (secondary N) is 1. The van der Waals surface area contributed by atoms with Crippen molar-refractivity contribution in [2.45, 2.75) is 19.3 Å². The van der Waals surface area contributed by atoms with Crippen molar-refractivity contribution in [3.8, 4) is 5.75 Å². The predicted molar refractivity (Wildman–Crippen MR) is 98.9 cm³/mol. The molecule has 0 aliphatic carbocycles. The van der Waals surface area contributed by atoms with Crippen LogP contribution in [0.4, 0.5) is 16.2 Å². The second-order valence-corrected chi connectivity index (χ2v) is 6.12. The van der Waals surface area contributed by atoms with Gasteiger partial charge in [0.2, 0.25) is 0 Å². The van der Waals surface area contributed by atoms with Crippen LogP contribution >= 0.6 is 0 Å². The number of hydrogen-bond acceptors (Lipinski definition) is 4. The highest BCUT2D eigenvalue weighted by molar-refractivity contribution is 5.93. The first kappa shape index (κ1) is 17.7. The van der Waals surface area contributed by atoms with E-state index >= 15 is 0 Å². The fourth-order valence-corrected chi connectivity index (χ4v) is 3.20. The number of amides is 2. The van der Waals surface area contributed by atoms with Gasteiger partial charge < -0.3 is 10.1 Å². The van der Waals surface area contributed by atoms with Crippen molar-refractivity contribution in [2.75, 3.05) is 25.1 Å². The molecular formula is C19H21N3O4. The standard InChI is InChI=1S/C19H21N3O4/c1-26-18-7-3-2-5-15(18)10-11-20-19(23)21-12-4-6-14-8-9-16(22(24)25)13-17(14)21/h2-3,5,7-9,13H,4,6,10-12H2,1H3,(H,20,23). The van der Waals surface area contributed by atoms with Gasteiger partial charge in [0.15, 0.2) is 0 Å². The van der Waals surface area contributed by atoms with Gasteiger partial charge >= 0.3 is 6.03 Å². The van der Waals surface area contributed by atoms with E-state index in [1.807, 2.05) is 24.3 Å². The zero-order chi connectivity index (χ0) is 18.5. The van der Waals surface area contributed by atoms with Gasteiger partial charge in [0.05, 0.1) is 17.7 Å². The highest BCUT2D eigenvalue weighted by Gasteiger charge is 2.24. The lowest BCUT2D eigenvalue weighted by Gasteiger charge is -2.29. The predicted octanol–water partition coefficient (Wildman–Crippen LogP) is 3.31. The van der Waals surface area contributed by atoms with Crippen LogP contribution in [0.2, 0.25) is 0 Å². The number of nitro benzene ring substituents is 1. The van der Waals surface area contributed by atoms with E-state index in [1.165, 1.54) is 12.1 Å². The quantitative estimate of drug-likeness (QED) is 0.659. The molecular weight excluding hydrogens is 334 g/mol. The van der Waals surface area contributed by atoms with Crippen LogP contribution < -0.4 is 15.0 Å². The molecule has 7 nitrogen and oxygen atoms in total. The molecule has 2 aromatic carbocycles. The molecule has 0 aromatic heterocycles. The number of non-ortho nitro benzene ring substituents is 1. The first-order valence-corrected chi connectivity index (χ1v) is 8.54. The molecule has 1 aliphatic rings. The number of nitro groups is 1. The minimum Gasteiger partial charge on any atom is -0.496 e. The summed E-state index contributed by atoms with van der Waals surface area (Å²) in [7, 11) is 1.62. The Balaban J connectivity index is 1.68. The molecule has 0 saturated carbocycles. The molecule has 136 valence electrons. The molecule has 1 heterocycles. The first-order valence-electron chi connectivity index (χ1n) is 8.54. The van der Waals surface area contributed by atoms with Gasteiger partial charge in [-0.15, -0.1) is 0 Å². The summed E-state index contributed by atoms with van der Waals surface area (Å²) in [6.07, 6.45) is 2.30. The minimum atomic E-state index is -0.438.